The van der Waals surface area contributed by atoms with Gasteiger partial charge in [0.15, 0.2) is 5.96 Å². The number of guanidine groups is 1. The van der Waals surface area contributed by atoms with Crippen molar-refractivity contribution in [2.45, 2.75) is 45.3 Å². The molecule has 6 nitrogen and oxygen atoms in total. The maximum absolute atomic E-state index is 5.75. The Hall–Kier alpha value is -0.420. The van der Waals surface area contributed by atoms with Gasteiger partial charge in [-0.25, -0.2) is 0 Å². The lowest BCUT2D eigenvalue weighted by Crippen LogP contribution is -2.45. The Morgan fingerprint density at radius 2 is 2.10 bits per heavy atom. The van der Waals surface area contributed by atoms with Gasteiger partial charge in [0.25, 0.3) is 0 Å². The average Bonchev–Trinajstić information content (AvgIpc) is 3.23. The zero-order chi connectivity index (χ0) is 19.6. The molecule has 2 N–H and O–H groups in total. The lowest BCUT2D eigenvalue weighted by Gasteiger charge is -2.36. The van der Waals surface area contributed by atoms with Crippen LogP contribution < -0.4 is 10.6 Å². The summed E-state index contributed by atoms with van der Waals surface area (Å²) in [6.45, 7) is 13.2. The predicted octanol–water partition coefficient (Wildman–Crippen LogP) is 3.17. The quantitative estimate of drug-likeness (QED) is 0.305. The minimum absolute atomic E-state index is 0. The number of halogens is 1. The van der Waals surface area contributed by atoms with Crippen molar-refractivity contribution in [2.75, 3.05) is 59.0 Å². The van der Waals surface area contributed by atoms with Crippen LogP contribution in [0.5, 0.6) is 0 Å². The van der Waals surface area contributed by atoms with E-state index in [2.05, 4.69) is 51.8 Å². The van der Waals surface area contributed by atoms with Crippen molar-refractivity contribution >= 4 is 41.3 Å². The Balaban J connectivity index is 0.00000300. The van der Waals surface area contributed by atoms with Crippen molar-refractivity contribution in [3.05, 3.63) is 22.4 Å². The van der Waals surface area contributed by atoms with Gasteiger partial charge in [0.05, 0.1) is 25.3 Å². The summed E-state index contributed by atoms with van der Waals surface area (Å²) >= 11 is 1.83. The molecular weight excluding hydrogens is 497 g/mol. The van der Waals surface area contributed by atoms with Crippen molar-refractivity contribution in [2.24, 2.45) is 4.99 Å². The van der Waals surface area contributed by atoms with Crippen LogP contribution in [-0.2, 0) is 4.74 Å². The molecule has 2 fully saturated rings. The van der Waals surface area contributed by atoms with Gasteiger partial charge in [-0.05, 0) is 51.2 Å². The van der Waals surface area contributed by atoms with Gasteiger partial charge >= 0.3 is 0 Å². The third-order valence-electron chi connectivity index (χ3n) is 5.52. The van der Waals surface area contributed by atoms with Crippen molar-refractivity contribution in [3.8, 4) is 0 Å². The minimum atomic E-state index is 0. The average molecular weight is 536 g/mol. The molecule has 0 aliphatic carbocycles. The highest BCUT2D eigenvalue weighted by atomic mass is 127. The first-order valence-electron chi connectivity index (χ1n) is 10.9. The van der Waals surface area contributed by atoms with E-state index in [1.807, 2.05) is 11.3 Å². The molecule has 29 heavy (non-hydrogen) atoms. The zero-order valence-electron chi connectivity index (χ0n) is 17.9. The fourth-order valence-corrected chi connectivity index (χ4v) is 4.88. The molecule has 2 aliphatic heterocycles. The van der Waals surface area contributed by atoms with Crippen LogP contribution in [0.2, 0.25) is 0 Å². The predicted molar refractivity (Wildman–Crippen MR) is 134 cm³/mol. The summed E-state index contributed by atoms with van der Waals surface area (Å²) in [5.74, 6) is 0.933. The Bertz CT molecular complexity index is 580. The van der Waals surface area contributed by atoms with Crippen LogP contribution in [0.4, 0.5) is 0 Å². The number of likely N-dealkylation sites (tertiary alicyclic amines) is 1. The lowest BCUT2D eigenvalue weighted by atomic mass is 10.1. The van der Waals surface area contributed by atoms with Gasteiger partial charge in [0.2, 0.25) is 0 Å². The summed E-state index contributed by atoms with van der Waals surface area (Å²) in [7, 11) is 0. The molecule has 2 saturated heterocycles. The van der Waals surface area contributed by atoms with Gasteiger partial charge in [-0.15, -0.1) is 35.3 Å². The molecule has 1 aromatic heterocycles. The fraction of sp³-hybridized carbons (Fsp3) is 0.762. The zero-order valence-corrected chi connectivity index (χ0v) is 21.1. The SMILES string of the molecule is CCNC(=NCC(c1cccs1)N1CCOC(C)C1)NCCN1CCCCC1.I. The van der Waals surface area contributed by atoms with Gasteiger partial charge in [-0.2, -0.15) is 0 Å². The van der Waals surface area contributed by atoms with E-state index in [1.54, 1.807) is 0 Å². The molecule has 1 aromatic rings. The van der Waals surface area contributed by atoms with Crippen molar-refractivity contribution in [3.63, 3.8) is 0 Å². The highest BCUT2D eigenvalue weighted by Crippen LogP contribution is 2.27. The number of morpholine rings is 1. The van der Waals surface area contributed by atoms with E-state index in [1.165, 1.54) is 37.2 Å². The van der Waals surface area contributed by atoms with E-state index in [-0.39, 0.29) is 30.1 Å². The first kappa shape index (κ1) is 24.8. The molecule has 166 valence electrons. The summed E-state index contributed by atoms with van der Waals surface area (Å²) in [6.07, 6.45) is 4.36. The van der Waals surface area contributed by atoms with E-state index >= 15 is 0 Å². The van der Waals surface area contributed by atoms with Crippen LogP contribution in [0, 0.1) is 0 Å². The number of rotatable bonds is 8. The monoisotopic (exact) mass is 535 g/mol. The second-order valence-corrected chi connectivity index (χ2v) is 8.74. The molecule has 3 rings (SSSR count). The van der Waals surface area contributed by atoms with Gasteiger partial charge < -0.3 is 20.3 Å². The molecule has 3 heterocycles. The minimum Gasteiger partial charge on any atom is -0.376 e. The summed E-state index contributed by atoms with van der Waals surface area (Å²) in [4.78, 5) is 11.4. The highest BCUT2D eigenvalue weighted by molar-refractivity contribution is 14.0. The number of piperidine rings is 1. The summed E-state index contributed by atoms with van der Waals surface area (Å²) in [5, 5.41) is 9.12. The largest absolute Gasteiger partial charge is 0.376 e. The van der Waals surface area contributed by atoms with E-state index in [4.69, 9.17) is 9.73 Å². The summed E-state index contributed by atoms with van der Waals surface area (Å²) in [5.41, 5.74) is 0. The maximum Gasteiger partial charge on any atom is 0.191 e. The Kier molecular flexibility index (Phi) is 11.8. The van der Waals surface area contributed by atoms with E-state index in [0.29, 0.717) is 6.04 Å². The summed E-state index contributed by atoms with van der Waals surface area (Å²) in [6, 6.07) is 4.70. The third-order valence-corrected chi connectivity index (χ3v) is 6.49. The molecule has 2 unspecified atom stereocenters. The Labute approximate surface area is 197 Å². The topological polar surface area (TPSA) is 52.1 Å². The molecule has 8 heteroatoms. The number of nitrogens with one attached hydrogen (secondary N) is 2. The first-order valence-corrected chi connectivity index (χ1v) is 11.8. The molecule has 0 saturated carbocycles. The highest BCUT2D eigenvalue weighted by Gasteiger charge is 2.26. The van der Waals surface area contributed by atoms with Crippen LogP contribution in [-0.4, -0.2) is 80.8 Å². The van der Waals surface area contributed by atoms with E-state index in [9.17, 15) is 0 Å². The van der Waals surface area contributed by atoms with Crippen LogP contribution >= 0.6 is 35.3 Å². The van der Waals surface area contributed by atoms with Crippen LogP contribution in [0.3, 0.4) is 0 Å². The van der Waals surface area contributed by atoms with Crippen molar-refractivity contribution in [1.82, 2.24) is 20.4 Å². The molecule has 2 atom stereocenters. The van der Waals surface area contributed by atoms with Crippen LogP contribution in [0.1, 0.15) is 44.0 Å². The molecule has 0 aromatic carbocycles. The Morgan fingerprint density at radius 3 is 2.79 bits per heavy atom. The molecule has 0 spiro atoms. The lowest BCUT2D eigenvalue weighted by molar-refractivity contribution is -0.0327. The molecular formula is C21H38IN5OS. The Morgan fingerprint density at radius 1 is 1.28 bits per heavy atom. The normalized spacial score (nSPS) is 22.7. The van der Waals surface area contributed by atoms with Gasteiger partial charge in [-0.3, -0.25) is 9.89 Å². The molecule has 0 bridgehead atoms. The van der Waals surface area contributed by atoms with E-state index < -0.39 is 0 Å². The van der Waals surface area contributed by atoms with Crippen molar-refractivity contribution < 1.29 is 4.74 Å². The van der Waals surface area contributed by atoms with Gasteiger partial charge in [0, 0.05) is 37.6 Å². The number of thiophene rings is 1. The molecule has 2 aliphatic rings. The number of ether oxygens (including phenoxy) is 1. The van der Waals surface area contributed by atoms with Crippen LogP contribution in [0.15, 0.2) is 22.5 Å². The second-order valence-electron chi connectivity index (χ2n) is 7.76. The van der Waals surface area contributed by atoms with Gasteiger partial charge in [0.1, 0.15) is 0 Å². The summed E-state index contributed by atoms with van der Waals surface area (Å²) < 4.78 is 5.75. The standard InChI is InChI=1S/C21H37N5OS.HI/c1-3-22-21(23-9-12-25-10-5-4-6-11-25)24-16-19(20-8-7-15-28-20)26-13-14-27-18(2)17-26;/h7-8,15,18-19H,3-6,9-14,16-17H2,1-2H3,(H2,22,23,24);1H. The van der Waals surface area contributed by atoms with Crippen molar-refractivity contribution in [1.29, 1.82) is 0 Å². The number of hydrogen-bond donors (Lipinski definition) is 2. The fourth-order valence-electron chi connectivity index (χ4n) is 4.03. The second kappa shape index (κ2) is 13.8. The molecule has 0 radical (unpaired) electrons. The third kappa shape index (κ3) is 8.32. The smallest absolute Gasteiger partial charge is 0.191 e. The number of aliphatic imine (C=N–C) groups is 1. The number of nitrogens with zero attached hydrogens (tertiary/aromatic N) is 3. The van der Waals surface area contributed by atoms with E-state index in [0.717, 1.165) is 51.8 Å². The van der Waals surface area contributed by atoms with Crippen LogP contribution in [0.25, 0.3) is 0 Å². The first-order chi connectivity index (χ1) is 13.8. The number of hydrogen-bond acceptors (Lipinski definition) is 5. The van der Waals surface area contributed by atoms with Gasteiger partial charge in [-0.1, -0.05) is 12.5 Å². The maximum atomic E-state index is 5.75. The molecule has 0 amide bonds.